The van der Waals surface area contributed by atoms with Gasteiger partial charge in [0.2, 0.25) is 0 Å². The van der Waals surface area contributed by atoms with Gasteiger partial charge in [0.25, 0.3) is 0 Å². The lowest BCUT2D eigenvalue weighted by molar-refractivity contribution is 0.251. The fourth-order valence-corrected chi connectivity index (χ4v) is 2.90. The normalized spacial score (nSPS) is 15.3. The van der Waals surface area contributed by atoms with E-state index in [1.807, 2.05) is 0 Å². The SMILES string of the molecule is CC(C#C[Si](C)(C)C)O[Si](C)(C)C(C)(C)C. The fraction of sp³-hybridized carbons (Fsp3) is 0.846. The molecule has 0 bridgehead atoms. The smallest absolute Gasteiger partial charge is 0.193 e. The van der Waals surface area contributed by atoms with Gasteiger partial charge in [0, 0.05) is 0 Å². The van der Waals surface area contributed by atoms with Gasteiger partial charge in [-0.05, 0) is 25.1 Å². The molecule has 0 aromatic heterocycles. The van der Waals surface area contributed by atoms with E-state index in [9.17, 15) is 0 Å². The van der Waals surface area contributed by atoms with Crippen LogP contribution in [0.15, 0.2) is 0 Å². The van der Waals surface area contributed by atoms with Crippen LogP contribution < -0.4 is 0 Å². The summed E-state index contributed by atoms with van der Waals surface area (Å²) in [5.41, 5.74) is 3.38. The first-order chi connectivity index (χ1) is 6.85. The molecule has 0 aliphatic heterocycles. The van der Waals surface area contributed by atoms with Gasteiger partial charge in [-0.2, -0.15) is 0 Å². The van der Waals surface area contributed by atoms with E-state index < -0.39 is 16.4 Å². The molecule has 0 fully saturated rings. The molecule has 1 unspecified atom stereocenters. The van der Waals surface area contributed by atoms with E-state index in [4.69, 9.17) is 4.43 Å². The minimum atomic E-state index is -1.65. The molecule has 0 saturated carbocycles. The summed E-state index contributed by atoms with van der Waals surface area (Å²) in [6.45, 7) is 20.2. The van der Waals surface area contributed by atoms with Crippen LogP contribution in [0.25, 0.3) is 0 Å². The Bertz CT molecular complexity index is 284. The molecule has 0 aromatic rings. The Morgan fingerprint density at radius 3 is 1.75 bits per heavy atom. The van der Waals surface area contributed by atoms with Crippen LogP contribution in [0.2, 0.25) is 37.8 Å². The molecule has 1 atom stereocenters. The lowest BCUT2D eigenvalue weighted by atomic mass is 10.2. The van der Waals surface area contributed by atoms with E-state index in [1.54, 1.807) is 0 Å². The van der Waals surface area contributed by atoms with Crippen molar-refractivity contribution in [1.29, 1.82) is 0 Å². The van der Waals surface area contributed by atoms with Gasteiger partial charge >= 0.3 is 0 Å². The molecule has 0 heterocycles. The molecule has 1 nitrogen and oxygen atoms in total. The summed E-state index contributed by atoms with van der Waals surface area (Å²) in [6.07, 6.45) is 0.0765. The summed E-state index contributed by atoms with van der Waals surface area (Å²) in [5, 5.41) is 0.266. The second-order valence-electron chi connectivity index (χ2n) is 7.04. The van der Waals surface area contributed by atoms with Crippen LogP contribution in [0.1, 0.15) is 27.7 Å². The summed E-state index contributed by atoms with van der Waals surface area (Å²) < 4.78 is 6.19. The van der Waals surface area contributed by atoms with Gasteiger partial charge in [-0.3, -0.25) is 0 Å². The zero-order valence-corrected chi connectivity index (χ0v) is 14.5. The van der Waals surface area contributed by atoms with Gasteiger partial charge in [0.1, 0.15) is 14.2 Å². The molecule has 0 aromatic carbocycles. The summed E-state index contributed by atoms with van der Waals surface area (Å²) in [6, 6.07) is 0. The zero-order valence-electron chi connectivity index (χ0n) is 12.5. The van der Waals surface area contributed by atoms with Crippen LogP contribution >= 0.6 is 0 Å². The van der Waals surface area contributed by atoms with Gasteiger partial charge in [0.15, 0.2) is 8.32 Å². The van der Waals surface area contributed by atoms with Crippen LogP contribution in [0.5, 0.6) is 0 Å². The first-order valence-corrected chi connectivity index (χ1v) is 12.5. The lowest BCUT2D eigenvalue weighted by Crippen LogP contribution is -2.43. The van der Waals surface area contributed by atoms with Gasteiger partial charge in [-0.1, -0.05) is 46.3 Å². The van der Waals surface area contributed by atoms with Crippen molar-refractivity contribution >= 4 is 16.4 Å². The topological polar surface area (TPSA) is 9.23 Å². The van der Waals surface area contributed by atoms with Crippen molar-refractivity contribution in [2.75, 3.05) is 0 Å². The fourth-order valence-electron chi connectivity index (χ4n) is 0.966. The third-order valence-electron chi connectivity index (χ3n) is 2.93. The molecule has 3 heteroatoms. The van der Waals surface area contributed by atoms with Crippen molar-refractivity contribution in [3.05, 3.63) is 0 Å². The Kier molecular flexibility index (Phi) is 5.06. The highest BCUT2D eigenvalue weighted by Crippen LogP contribution is 2.37. The first kappa shape index (κ1) is 16.0. The van der Waals surface area contributed by atoms with Crippen molar-refractivity contribution in [3.63, 3.8) is 0 Å². The maximum absolute atomic E-state index is 6.19. The van der Waals surface area contributed by atoms with E-state index in [-0.39, 0.29) is 11.1 Å². The molecule has 0 spiro atoms. The zero-order chi connectivity index (χ0) is 13.2. The lowest BCUT2D eigenvalue weighted by Gasteiger charge is -2.37. The van der Waals surface area contributed by atoms with Crippen LogP contribution in [0.3, 0.4) is 0 Å². The molecular weight excluding hydrogens is 228 g/mol. The average molecular weight is 257 g/mol. The third kappa shape index (κ3) is 5.88. The van der Waals surface area contributed by atoms with Crippen molar-refractivity contribution in [2.45, 2.75) is 71.6 Å². The Morgan fingerprint density at radius 2 is 1.44 bits per heavy atom. The van der Waals surface area contributed by atoms with Crippen LogP contribution in [-0.2, 0) is 4.43 Å². The largest absolute Gasteiger partial charge is 0.404 e. The van der Waals surface area contributed by atoms with Crippen LogP contribution in [0, 0.1) is 11.5 Å². The van der Waals surface area contributed by atoms with Gasteiger partial charge < -0.3 is 4.43 Å². The molecule has 0 N–H and O–H groups in total. The number of hydrogen-bond acceptors (Lipinski definition) is 1. The standard InChI is InChI=1S/C13H28OSi2/c1-12(10-11-15(5,6)7)14-16(8,9)13(2,3)4/h12H,1-9H3. The van der Waals surface area contributed by atoms with Crippen LogP contribution in [0.4, 0.5) is 0 Å². The predicted molar refractivity (Wildman–Crippen MR) is 78.9 cm³/mol. The van der Waals surface area contributed by atoms with E-state index in [1.165, 1.54) is 0 Å². The van der Waals surface area contributed by atoms with E-state index in [0.29, 0.717) is 0 Å². The average Bonchev–Trinajstić information content (AvgIpc) is 1.96. The molecule has 0 aliphatic rings. The van der Waals surface area contributed by atoms with Gasteiger partial charge in [-0.25, -0.2) is 0 Å². The third-order valence-corrected chi connectivity index (χ3v) is 8.38. The highest BCUT2D eigenvalue weighted by molar-refractivity contribution is 6.83. The molecule has 16 heavy (non-hydrogen) atoms. The van der Waals surface area contributed by atoms with Crippen molar-refractivity contribution in [1.82, 2.24) is 0 Å². The Labute approximate surface area is 104 Å². The molecule has 0 saturated heterocycles. The Balaban J connectivity index is 4.57. The minimum absolute atomic E-state index is 0.0765. The number of rotatable bonds is 2. The molecule has 94 valence electrons. The highest BCUT2D eigenvalue weighted by atomic mass is 28.4. The minimum Gasteiger partial charge on any atom is -0.404 e. The van der Waals surface area contributed by atoms with Crippen molar-refractivity contribution in [2.24, 2.45) is 0 Å². The molecule has 0 amide bonds. The summed E-state index contributed by atoms with van der Waals surface area (Å²) >= 11 is 0. The maximum Gasteiger partial charge on any atom is 0.193 e. The van der Waals surface area contributed by atoms with Gasteiger partial charge in [-0.15, -0.1) is 5.54 Å². The molecular formula is C13H28OSi2. The Morgan fingerprint density at radius 1 is 1.00 bits per heavy atom. The maximum atomic E-state index is 6.19. The molecule has 0 radical (unpaired) electrons. The summed E-state index contributed by atoms with van der Waals surface area (Å²) in [4.78, 5) is 0. The first-order valence-electron chi connectivity index (χ1n) is 6.06. The van der Waals surface area contributed by atoms with Crippen molar-refractivity contribution < 1.29 is 4.43 Å². The second-order valence-corrected chi connectivity index (χ2v) is 16.5. The molecule has 0 rings (SSSR count). The van der Waals surface area contributed by atoms with Gasteiger partial charge in [0.05, 0.1) is 0 Å². The van der Waals surface area contributed by atoms with Crippen LogP contribution in [-0.4, -0.2) is 22.5 Å². The highest BCUT2D eigenvalue weighted by Gasteiger charge is 2.38. The number of hydrogen-bond donors (Lipinski definition) is 0. The summed E-state index contributed by atoms with van der Waals surface area (Å²) in [7, 11) is -2.92. The van der Waals surface area contributed by atoms with E-state index in [2.05, 4.69) is 71.9 Å². The summed E-state index contributed by atoms with van der Waals surface area (Å²) in [5.74, 6) is 3.27. The van der Waals surface area contributed by atoms with E-state index in [0.717, 1.165) is 0 Å². The quantitative estimate of drug-likeness (QED) is 0.529. The monoisotopic (exact) mass is 256 g/mol. The second kappa shape index (κ2) is 5.07. The predicted octanol–water partition coefficient (Wildman–Crippen LogP) is 4.28. The van der Waals surface area contributed by atoms with Crippen molar-refractivity contribution in [3.8, 4) is 11.5 Å². The van der Waals surface area contributed by atoms with E-state index >= 15 is 0 Å². The Hall–Kier alpha value is -0.0462. The molecule has 0 aliphatic carbocycles.